The molecule has 2 N–H and O–H groups in total. The molecule has 10 heteroatoms. The van der Waals surface area contributed by atoms with Gasteiger partial charge >= 0.3 is 0 Å². The molecular weight excluding hydrogens is 441 g/mol. The Kier molecular flexibility index (Phi) is 5.54. The second-order valence-electron chi connectivity index (χ2n) is 8.26. The van der Waals surface area contributed by atoms with Gasteiger partial charge in [-0.2, -0.15) is 4.98 Å². The van der Waals surface area contributed by atoms with Crippen LogP contribution < -0.4 is 15.1 Å². The van der Waals surface area contributed by atoms with Crippen molar-refractivity contribution < 1.29 is 14.6 Å². The number of aromatic nitrogens is 2. The van der Waals surface area contributed by atoms with Crippen molar-refractivity contribution in [3.05, 3.63) is 40.0 Å². The van der Waals surface area contributed by atoms with Crippen LogP contribution in [0.15, 0.2) is 24.4 Å². The predicted octanol–water partition coefficient (Wildman–Crippen LogP) is 2.58. The predicted molar refractivity (Wildman–Crippen MR) is 118 cm³/mol. The van der Waals surface area contributed by atoms with Gasteiger partial charge in [0, 0.05) is 43.4 Å². The molecule has 2 atom stereocenters. The third-order valence-corrected chi connectivity index (χ3v) is 6.85. The number of phenolic OH excluding ortho intramolecular Hbond substituents is 1. The van der Waals surface area contributed by atoms with Gasteiger partial charge in [-0.3, -0.25) is 4.79 Å². The molecule has 6 rings (SSSR count). The minimum absolute atomic E-state index is 0.0448. The van der Waals surface area contributed by atoms with Crippen molar-refractivity contribution >= 4 is 40.9 Å². The highest BCUT2D eigenvalue weighted by atomic mass is 35.5. The molecule has 31 heavy (non-hydrogen) atoms. The highest BCUT2D eigenvalue weighted by molar-refractivity contribution is 6.36. The number of amides is 1. The minimum atomic E-state index is -0.361. The monoisotopic (exact) mass is 463 g/mol. The van der Waals surface area contributed by atoms with Gasteiger partial charge in [0.1, 0.15) is 11.6 Å². The average molecular weight is 464 g/mol. The second-order valence-corrected chi connectivity index (χ2v) is 9.10. The van der Waals surface area contributed by atoms with E-state index in [4.69, 9.17) is 32.9 Å². The van der Waals surface area contributed by atoms with Crippen LogP contribution in [0.25, 0.3) is 0 Å². The van der Waals surface area contributed by atoms with E-state index >= 15 is 0 Å². The summed E-state index contributed by atoms with van der Waals surface area (Å²) in [6.07, 6.45) is 2.85. The summed E-state index contributed by atoms with van der Waals surface area (Å²) >= 11 is 11.9. The van der Waals surface area contributed by atoms with Gasteiger partial charge in [-0.05, 0) is 36.5 Å². The quantitative estimate of drug-likeness (QED) is 0.719. The first-order chi connectivity index (χ1) is 15.0. The van der Waals surface area contributed by atoms with E-state index in [0.29, 0.717) is 30.1 Å². The Labute approximate surface area is 190 Å². The minimum Gasteiger partial charge on any atom is -0.506 e. The lowest BCUT2D eigenvalue weighted by Gasteiger charge is -2.53. The molecule has 8 nitrogen and oxygen atoms in total. The number of piperidine rings is 2. The van der Waals surface area contributed by atoms with Crippen molar-refractivity contribution in [1.82, 2.24) is 15.3 Å². The Morgan fingerprint density at radius 1 is 1.16 bits per heavy atom. The Hall–Kier alpha value is -2.29. The molecule has 1 aromatic carbocycles. The highest BCUT2D eigenvalue weighted by Gasteiger charge is 2.48. The number of carbonyl (C=O) groups excluding carboxylic acids is 1. The number of hydrogen-bond acceptors (Lipinski definition) is 7. The van der Waals surface area contributed by atoms with Crippen molar-refractivity contribution in [2.75, 3.05) is 49.2 Å². The van der Waals surface area contributed by atoms with E-state index < -0.39 is 0 Å². The maximum atomic E-state index is 12.7. The molecule has 0 radical (unpaired) electrons. The number of fused-ring (bicyclic) bond motifs is 2. The maximum Gasteiger partial charge on any atom is 0.255 e. The third-order valence-electron chi connectivity index (χ3n) is 6.35. The zero-order valence-electron chi connectivity index (χ0n) is 16.8. The van der Waals surface area contributed by atoms with E-state index in [0.717, 1.165) is 44.4 Å². The standard InChI is InChI=1S/C21H23Cl2N5O3/c22-14-8-15(19(29)16(23)9-14)20(30)26-18-12-7-13(18)11-28(10-12)21-24-2-1-17(25-21)27-3-5-31-6-4-27/h1-2,8-9,12-13,18,29H,3-7,10-11H2,(H,26,30). The normalized spacial score (nSPS) is 25.2. The van der Waals surface area contributed by atoms with Crippen LogP contribution in [0.1, 0.15) is 16.8 Å². The molecule has 2 aromatic rings. The lowest BCUT2D eigenvalue weighted by Crippen LogP contribution is -2.64. The van der Waals surface area contributed by atoms with Gasteiger partial charge in [-0.15, -0.1) is 0 Å². The van der Waals surface area contributed by atoms with E-state index in [1.807, 2.05) is 6.07 Å². The Balaban J connectivity index is 1.25. The van der Waals surface area contributed by atoms with Gasteiger partial charge in [0.15, 0.2) is 0 Å². The molecule has 0 spiro atoms. The molecule has 4 aliphatic rings. The van der Waals surface area contributed by atoms with Crippen LogP contribution in [-0.4, -0.2) is 66.4 Å². The van der Waals surface area contributed by atoms with Gasteiger partial charge < -0.3 is 25.0 Å². The first-order valence-electron chi connectivity index (χ1n) is 10.4. The van der Waals surface area contributed by atoms with E-state index in [-0.39, 0.29) is 28.3 Å². The van der Waals surface area contributed by atoms with Gasteiger partial charge in [0.25, 0.3) is 5.91 Å². The number of rotatable bonds is 4. The van der Waals surface area contributed by atoms with Crippen molar-refractivity contribution in [2.45, 2.75) is 12.5 Å². The zero-order valence-corrected chi connectivity index (χ0v) is 18.3. The maximum absolute atomic E-state index is 12.7. The van der Waals surface area contributed by atoms with Crippen LogP contribution in [0, 0.1) is 11.8 Å². The summed E-state index contributed by atoms with van der Waals surface area (Å²) in [5, 5.41) is 13.6. The molecule has 164 valence electrons. The number of nitrogens with one attached hydrogen (secondary N) is 1. The lowest BCUT2D eigenvalue weighted by atomic mass is 9.66. The lowest BCUT2D eigenvalue weighted by molar-refractivity contribution is 0.0636. The largest absolute Gasteiger partial charge is 0.506 e. The molecule has 4 fully saturated rings. The molecular formula is C21H23Cl2N5O3. The number of carbonyl (C=O) groups is 1. The molecule has 3 saturated heterocycles. The van der Waals surface area contributed by atoms with E-state index in [1.165, 1.54) is 12.1 Å². The summed E-state index contributed by atoms with van der Waals surface area (Å²) in [5.74, 6) is 1.64. The summed E-state index contributed by atoms with van der Waals surface area (Å²) in [6.45, 7) is 4.63. The Morgan fingerprint density at radius 3 is 2.65 bits per heavy atom. The molecule has 2 unspecified atom stereocenters. The van der Waals surface area contributed by atoms with E-state index in [9.17, 15) is 9.90 Å². The number of morpholine rings is 1. The molecule has 1 aliphatic carbocycles. The fourth-order valence-corrected chi connectivity index (χ4v) is 5.21. The number of halogens is 2. The van der Waals surface area contributed by atoms with Crippen molar-refractivity contribution in [3.8, 4) is 5.75 Å². The molecule has 1 aromatic heterocycles. The topological polar surface area (TPSA) is 90.8 Å². The molecule has 1 saturated carbocycles. The van der Waals surface area contributed by atoms with E-state index in [2.05, 4.69) is 20.1 Å². The summed E-state index contributed by atoms with van der Waals surface area (Å²) < 4.78 is 5.42. The first-order valence-corrected chi connectivity index (χ1v) is 11.1. The van der Waals surface area contributed by atoms with Crippen LogP contribution in [0.2, 0.25) is 10.0 Å². The van der Waals surface area contributed by atoms with Crippen molar-refractivity contribution in [2.24, 2.45) is 11.8 Å². The van der Waals surface area contributed by atoms with Crippen LogP contribution in [0.5, 0.6) is 5.75 Å². The van der Waals surface area contributed by atoms with Gasteiger partial charge in [0.2, 0.25) is 5.95 Å². The Bertz CT molecular complexity index is 989. The number of anilines is 2. The number of aromatic hydroxyl groups is 1. The van der Waals surface area contributed by atoms with E-state index in [1.54, 1.807) is 6.20 Å². The molecule has 1 amide bonds. The Morgan fingerprint density at radius 2 is 1.90 bits per heavy atom. The number of nitrogens with zero attached hydrogens (tertiary/aromatic N) is 4. The number of phenols is 1. The summed E-state index contributed by atoms with van der Waals surface area (Å²) in [5.41, 5.74) is 0.0980. The van der Waals surface area contributed by atoms with Crippen molar-refractivity contribution in [3.63, 3.8) is 0 Å². The third kappa shape index (κ3) is 4.00. The average Bonchev–Trinajstić information content (AvgIpc) is 2.80. The van der Waals surface area contributed by atoms with Crippen LogP contribution in [0.4, 0.5) is 11.8 Å². The summed E-state index contributed by atoms with van der Waals surface area (Å²) in [7, 11) is 0. The zero-order chi connectivity index (χ0) is 21.5. The van der Waals surface area contributed by atoms with Crippen LogP contribution >= 0.6 is 23.2 Å². The highest BCUT2D eigenvalue weighted by Crippen LogP contribution is 2.41. The fraction of sp³-hybridized carbons (Fsp3) is 0.476. The van der Waals surface area contributed by atoms with Crippen LogP contribution in [0.3, 0.4) is 0 Å². The second kappa shape index (κ2) is 8.33. The number of hydrogen-bond donors (Lipinski definition) is 2. The SMILES string of the molecule is O=C(NC1C2CC1CN(c1nccc(N3CCOCC3)n1)C2)c1cc(Cl)cc(Cl)c1O. The fourth-order valence-electron chi connectivity index (χ4n) is 4.72. The van der Waals surface area contributed by atoms with Crippen molar-refractivity contribution in [1.29, 1.82) is 0 Å². The molecule has 3 aliphatic heterocycles. The van der Waals surface area contributed by atoms with Gasteiger partial charge in [-0.25, -0.2) is 4.98 Å². The van der Waals surface area contributed by atoms with Crippen LogP contribution in [-0.2, 0) is 4.74 Å². The number of ether oxygens (including phenoxy) is 1. The summed E-state index contributed by atoms with van der Waals surface area (Å²) in [6, 6.07) is 4.83. The first kappa shape index (κ1) is 20.6. The molecule has 2 bridgehead atoms. The summed E-state index contributed by atoms with van der Waals surface area (Å²) in [4.78, 5) is 26.4. The van der Waals surface area contributed by atoms with Gasteiger partial charge in [0.05, 0.1) is 23.8 Å². The molecule has 4 heterocycles. The number of benzene rings is 1. The van der Waals surface area contributed by atoms with Gasteiger partial charge in [-0.1, -0.05) is 23.2 Å². The smallest absolute Gasteiger partial charge is 0.255 e.